The van der Waals surface area contributed by atoms with Gasteiger partial charge in [0.15, 0.2) is 13.2 Å². The number of ether oxygens (including phenoxy) is 2. The Morgan fingerprint density at radius 2 is 0.757 bits per heavy atom. The summed E-state index contributed by atoms with van der Waals surface area (Å²) in [6.07, 6.45) is 4.70. The molecule has 9 rings (SSSR count). The first-order valence-corrected chi connectivity index (χ1v) is 24.4. The van der Waals surface area contributed by atoms with E-state index in [1.54, 1.807) is 73.1 Å². The van der Waals surface area contributed by atoms with E-state index in [0.717, 1.165) is 28.7 Å². The Morgan fingerprint density at radius 3 is 1.09 bits per heavy atom. The molecule has 7 aromatic carbocycles. The van der Waals surface area contributed by atoms with Gasteiger partial charge in [0, 0.05) is 45.7 Å². The SMILES string of the molecule is CCO[n+]1ccccc1C(=O)Oc1ccc(-c2ccccc2)cc1.CCO[n+]1ccccc1C(=O)Oc1ccc(-c2ccccc2)cc1.[O-]B([O-])OCCCC(c1ccccc1)(c1ccccc1)c1ccccc1. The van der Waals surface area contributed by atoms with Crippen molar-refractivity contribution >= 4 is 19.3 Å². The van der Waals surface area contributed by atoms with E-state index in [2.05, 4.69) is 36.4 Å². The van der Waals surface area contributed by atoms with Gasteiger partial charge in [-0.1, -0.05) is 176 Å². The molecule has 0 N–H and O–H groups in total. The van der Waals surface area contributed by atoms with Crippen molar-refractivity contribution in [3.8, 4) is 33.8 Å². The van der Waals surface area contributed by atoms with E-state index in [1.165, 1.54) is 26.2 Å². The van der Waals surface area contributed by atoms with Crippen LogP contribution in [0, 0.1) is 0 Å². The summed E-state index contributed by atoms with van der Waals surface area (Å²) < 4.78 is 18.4. The standard InChI is InChI=1S/C22H21BO3.2C20H18NO3/c24-23(25)26-18-10-17-22(19-11-4-1-5-12-19,20-13-6-2-7-14-20)21-15-8-3-9-16-21;2*1-2-23-21-15-7-6-10-19(21)20(22)24-18-13-11-17(12-14-18)16-8-4-3-5-9-16/h1-9,11-16H,10,17-18H2;2*3-15H,2H2,1H3/q-2;2*+1. The highest BCUT2D eigenvalue weighted by atomic mass is 16.7. The van der Waals surface area contributed by atoms with Gasteiger partial charge in [0.05, 0.1) is 7.32 Å². The van der Waals surface area contributed by atoms with E-state index in [-0.39, 0.29) is 12.0 Å². The number of benzene rings is 7. The van der Waals surface area contributed by atoms with Gasteiger partial charge >= 0.3 is 23.3 Å². The first-order valence-electron chi connectivity index (χ1n) is 24.4. The molecule has 2 heterocycles. The van der Waals surface area contributed by atoms with Crippen LogP contribution in [0.15, 0.2) is 249 Å². The third kappa shape index (κ3) is 14.7. The normalized spacial score (nSPS) is 10.6. The molecular formula is C62H57BN2O9. The highest BCUT2D eigenvalue weighted by Gasteiger charge is 2.35. The summed E-state index contributed by atoms with van der Waals surface area (Å²) >= 11 is 0. The minimum Gasteiger partial charge on any atom is -0.871 e. The van der Waals surface area contributed by atoms with Crippen LogP contribution in [-0.4, -0.2) is 39.1 Å². The molecule has 0 bridgehead atoms. The number of pyridine rings is 2. The zero-order chi connectivity index (χ0) is 51.8. The fourth-order valence-electron chi connectivity index (χ4n) is 8.30. The molecular weight excluding hydrogens is 927 g/mol. The topological polar surface area (TPSA) is 134 Å². The molecule has 372 valence electrons. The maximum atomic E-state index is 12.3. The van der Waals surface area contributed by atoms with Gasteiger partial charge in [-0.2, -0.15) is 0 Å². The second-order valence-corrected chi connectivity index (χ2v) is 16.5. The number of rotatable bonds is 18. The summed E-state index contributed by atoms with van der Waals surface area (Å²) in [4.78, 5) is 35.5. The van der Waals surface area contributed by atoms with Crippen molar-refractivity contribution in [3.63, 3.8) is 0 Å². The van der Waals surface area contributed by atoms with Gasteiger partial charge in [-0.15, -0.1) is 0 Å². The molecule has 0 saturated carbocycles. The maximum Gasteiger partial charge on any atom is 0.414 e. The lowest BCUT2D eigenvalue weighted by atomic mass is 9.67. The smallest absolute Gasteiger partial charge is 0.414 e. The minimum absolute atomic E-state index is 0.159. The van der Waals surface area contributed by atoms with Crippen molar-refractivity contribution < 1.29 is 52.9 Å². The fourth-order valence-corrected chi connectivity index (χ4v) is 8.30. The molecule has 0 amide bonds. The summed E-state index contributed by atoms with van der Waals surface area (Å²) in [7, 11) is -2.23. The van der Waals surface area contributed by atoms with E-state index in [0.29, 0.717) is 42.5 Å². The third-order valence-corrected chi connectivity index (χ3v) is 11.7. The van der Waals surface area contributed by atoms with Gasteiger partial charge in [0.2, 0.25) is 12.4 Å². The Hall–Kier alpha value is -8.68. The largest absolute Gasteiger partial charge is 0.871 e. The van der Waals surface area contributed by atoms with Crippen molar-refractivity contribution in [1.82, 2.24) is 0 Å². The molecule has 2 aromatic heterocycles. The van der Waals surface area contributed by atoms with Crippen LogP contribution in [-0.2, 0) is 10.1 Å². The number of carbonyl (C=O) groups excluding carboxylic acids is 2. The predicted octanol–water partition coefficient (Wildman–Crippen LogP) is 9.14. The van der Waals surface area contributed by atoms with Gasteiger partial charge in [-0.3, -0.25) is 9.68 Å². The van der Waals surface area contributed by atoms with Gasteiger partial charge in [-0.05, 0) is 102 Å². The van der Waals surface area contributed by atoms with E-state index in [9.17, 15) is 19.6 Å². The van der Waals surface area contributed by atoms with E-state index in [1.807, 2.05) is 153 Å². The summed E-state index contributed by atoms with van der Waals surface area (Å²) in [5.41, 5.74) is 8.22. The maximum absolute atomic E-state index is 12.3. The summed E-state index contributed by atoms with van der Waals surface area (Å²) in [5, 5.41) is 21.4. The third-order valence-electron chi connectivity index (χ3n) is 11.7. The van der Waals surface area contributed by atoms with Crippen LogP contribution in [0.4, 0.5) is 0 Å². The number of hydrogen-bond acceptors (Lipinski definition) is 9. The van der Waals surface area contributed by atoms with Crippen LogP contribution in [0.5, 0.6) is 11.5 Å². The van der Waals surface area contributed by atoms with Gasteiger partial charge in [0.25, 0.3) is 0 Å². The number of carbonyl (C=O) groups is 2. The summed E-state index contributed by atoms with van der Waals surface area (Å²) in [5.74, 6) is 0.0613. The number of esters is 2. The molecule has 11 nitrogen and oxygen atoms in total. The van der Waals surface area contributed by atoms with Crippen LogP contribution in [0.2, 0.25) is 0 Å². The van der Waals surface area contributed by atoms with Crippen molar-refractivity contribution in [2.24, 2.45) is 0 Å². The van der Waals surface area contributed by atoms with Crippen LogP contribution in [0.25, 0.3) is 22.3 Å². The zero-order valence-corrected chi connectivity index (χ0v) is 41.4. The van der Waals surface area contributed by atoms with Crippen molar-refractivity contribution in [1.29, 1.82) is 0 Å². The molecule has 0 aliphatic heterocycles. The predicted molar refractivity (Wildman–Crippen MR) is 281 cm³/mol. The molecule has 0 radical (unpaired) electrons. The Morgan fingerprint density at radius 1 is 0.432 bits per heavy atom. The Bertz CT molecular complexity index is 2840. The van der Waals surface area contributed by atoms with Crippen molar-refractivity contribution in [2.45, 2.75) is 32.1 Å². The highest BCUT2D eigenvalue weighted by molar-refractivity contribution is 6.28. The van der Waals surface area contributed by atoms with E-state index in [4.69, 9.17) is 23.8 Å². The van der Waals surface area contributed by atoms with Crippen LogP contribution in [0.1, 0.15) is 64.4 Å². The number of hydrogen-bond donors (Lipinski definition) is 0. The molecule has 0 atom stereocenters. The van der Waals surface area contributed by atoms with Crippen LogP contribution < -0.4 is 38.7 Å². The molecule has 0 saturated heterocycles. The molecule has 9 aromatic rings. The zero-order valence-electron chi connectivity index (χ0n) is 41.4. The lowest BCUT2D eigenvalue weighted by Crippen LogP contribution is -2.48. The molecule has 12 heteroatoms. The number of nitrogens with zero attached hydrogens (tertiary/aromatic N) is 2. The molecule has 0 unspecified atom stereocenters. The van der Waals surface area contributed by atoms with Crippen molar-refractivity contribution in [2.75, 3.05) is 19.8 Å². The molecule has 0 spiro atoms. The Labute approximate surface area is 433 Å². The van der Waals surface area contributed by atoms with Crippen LogP contribution in [0.3, 0.4) is 0 Å². The summed E-state index contributed by atoms with van der Waals surface area (Å²) in [6.45, 7) is 4.79. The first-order chi connectivity index (χ1) is 36.3. The average Bonchev–Trinajstić information content (AvgIpc) is 3.45. The average molecular weight is 985 g/mol. The molecule has 0 aliphatic carbocycles. The lowest BCUT2D eigenvalue weighted by Gasteiger charge is -2.37. The van der Waals surface area contributed by atoms with Gasteiger partial charge < -0.3 is 24.2 Å². The Balaban J connectivity index is 0.000000162. The minimum atomic E-state index is -2.23. The van der Waals surface area contributed by atoms with Gasteiger partial charge in [0.1, 0.15) is 11.5 Å². The van der Waals surface area contributed by atoms with Gasteiger partial charge in [-0.25, -0.2) is 9.59 Å². The van der Waals surface area contributed by atoms with Crippen molar-refractivity contribution in [3.05, 3.63) is 277 Å². The molecule has 74 heavy (non-hydrogen) atoms. The van der Waals surface area contributed by atoms with E-state index < -0.39 is 19.3 Å². The fraction of sp³-hybridized carbons (Fsp3) is 0.129. The summed E-state index contributed by atoms with van der Waals surface area (Å²) in [6, 6.07) is 76.4. The first kappa shape index (κ1) is 53.1. The van der Waals surface area contributed by atoms with E-state index >= 15 is 0 Å². The molecule has 0 fully saturated rings. The Kier molecular flexibility index (Phi) is 20.0. The lowest BCUT2D eigenvalue weighted by molar-refractivity contribution is -0.892. The second kappa shape index (κ2) is 27.8. The monoisotopic (exact) mass is 984 g/mol. The highest BCUT2D eigenvalue weighted by Crippen LogP contribution is 2.43. The second-order valence-electron chi connectivity index (χ2n) is 16.5. The quantitative estimate of drug-likeness (QED) is 0.0206. The van der Waals surface area contributed by atoms with Crippen LogP contribution >= 0.6 is 0 Å². The number of aromatic nitrogens is 2. The molecule has 0 aliphatic rings.